The average Bonchev–Trinajstić information content (AvgIpc) is 2.73. The third-order valence-electron chi connectivity index (χ3n) is 2.20. The van der Waals surface area contributed by atoms with E-state index in [9.17, 15) is 16.8 Å². The Kier molecular flexibility index (Phi) is 4.13. The van der Waals surface area contributed by atoms with E-state index < -0.39 is 25.8 Å². The van der Waals surface area contributed by atoms with Gasteiger partial charge in [-0.1, -0.05) is 11.3 Å². The van der Waals surface area contributed by atoms with E-state index in [1.165, 1.54) is 24.3 Å². The topological polar surface area (TPSA) is 158 Å². The van der Waals surface area contributed by atoms with E-state index in [1.807, 2.05) is 0 Å². The van der Waals surface area contributed by atoms with Gasteiger partial charge in [0.15, 0.2) is 0 Å². The number of sulfonamides is 2. The smallest absolute Gasteiger partial charge is 0.263 e. The quantitative estimate of drug-likeness (QED) is 0.625. The van der Waals surface area contributed by atoms with Crippen LogP contribution in [0.1, 0.15) is 5.01 Å². The largest absolute Gasteiger partial charge is 0.399 e. The second-order valence-electron chi connectivity index (χ2n) is 3.98. The molecule has 0 amide bonds. The summed E-state index contributed by atoms with van der Waals surface area (Å²) in [5, 5.41) is 12.0. The molecule has 0 radical (unpaired) electrons. The summed E-state index contributed by atoms with van der Waals surface area (Å²) in [5.74, 6) is -0.506. The predicted octanol–water partition coefficient (Wildman–Crippen LogP) is -0.290. The van der Waals surface area contributed by atoms with Gasteiger partial charge in [-0.25, -0.2) is 22.0 Å². The molecule has 21 heavy (non-hydrogen) atoms. The van der Waals surface area contributed by atoms with E-state index in [0.717, 1.165) is 11.3 Å². The van der Waals surface area contributed by atoms with E-state index in [4.69, 9.17) is 10.9 Å². The van der Waals surface area contributed by atoms with Gasteiger partial charge in [0.25, 0.3) is 10.0 Å². The van der Waals surface area contributed by atoms with Gasteiger partial charge in [-0.05, 0) is 24.3 Å². The summed E-state index contributed by atoms with van der Waals surface area (Å²) in [7, 11) is -7.59. The van der Waals surface area contributed by atoms with Crippen LogP contribution >= 0.6 is 11.3 Å². The van der Waals surface area contributed by atoms with Gasteiger partial charge in [-0.15, -0.1) is 10.2 Å². The van der Waals surface area contributed by atoms with Crippen LogP contribution in [0.2, 0.25) is 0 Å². The number of hydrogen-bond donors (Lipinski definition) is 3. The maximum Gasteiger partial charge on any atom is 0.263 e. The summed E-state index contributed by atoms with van der Waals surface area (Å²) in [6.45, 7) is 0. The van der Waals surface area contributed by atoms with Crippen LogP contribution in [0.25, 0.3) is 0 Å². The number of nitrogens with two attached hydrogens (primary N) is 2. The number of anilines is 2. The minimum absolute atomic E-state index is 0.0000959. The van der Waals surface area contributed by atoms with Crippen LogP contribution in [0.15, 0.2) is 29.2 Å². The molecule has 0 spiro atoms. The Labute approximate surface area is 125 Å². The molecule has 0 saturated carbocycles. The fourth-order valence-corrected chi connectivity index (χ4v) is 4.24. The Morgan fingerprint density at radius 3 is 2.29 bits per heavy atom. The van der Waals surface area contributed by atoms with Crippen LogP contribution in [0.4, 0.5) is 10.8 Å². The summed E-state index contributed by atoms with van der Waals surface area (Å²) in [6, 6.07) is 5.57. The molecular formula is C9H11N5O4S3. The van der Waals surface area contributed by atoms with Crippen LogP contribution in [0.5, 0.6) is 0 Å². The fraction of sp³-hybridized carbons (Fsp3) is 0.111. The summed E-state index contributed by atoms with van der Waals surface area (Å²) in [6.07, 6.45) is 0. The monoisotopic (exact) mass is 349 g/mol. The fourth-order valence-electron chi connectivity index (χ4n) is 1.35. The highest BCUT2D eigenvalue weighted by molar-refractivity contribution is 7.93. The molecule has 0 unspecified atom stereocenters. The SMILES string of the molecule is Nc1ccc(S(=O)(=O)Nc2nnc(CS(N)(=O)=O)s2)cc1. The van der Waals surface area contributed by atoms with Crippen LogP contribution in [0, 0.1) is 0 Å². The number of aromatic nitrogens is 2. The first-order chi connectivity index (χ1) is 9.66. The molecule has 0 fully saturated rings. The van der Waals surface area contributed by atoms with Crippen LogP contribution in [0.3, 0.4) is 0 Å². The number of hydrogen-bond acceptors (Lipinski definition) is 8. The van der Waals surface area contributed by atoms with E-state index in [2.05, 4.69) is 14.9 Å². The molecule has 0 saturated heterocycles. The average molecular weight is 349 g/mol. The van der Waals surface area contributed by atoms with Crippen molar-refractivity contribution in [3.63, 3.8) is 0 Å². The van der Waals surface area contributed by atoms with Crippen molar-refractivity contribution in [2.75, 3.05) is 10.5 Å². The highest BCUT2D eigenvalue weighted by Crippen LogP contribution is 2.21. The van der Waals surface area contributed by atoms with Crippen LogP contribution in [-0.4, -0.2) is 27.0 Å². The number of nitrogens with zero attached hydrogens (tertiary/aromatic N) is 2. The summed E-state index contributed by atoms with van der Waals surface area (Å²) >= 11 is 0.788. The molecule has 0 aliphatic heterocycles. The molecule has 0 aliphatic carbocycles. The lowest BCUT2D eigenvalue weighted by Gasteiger charge is -2.04. The maximum atomic E-state index is 12.1. The molecule has 1 aromatic heterocycles. The van der Waals surface area contributed by atoms with Gasteiger partial charge in [-0.2, -0.15) is 0 Å². The van der Waals surface area contributed by atoms with Crippen molar-refractivity contribution < 1.29 is 16.8 Å². The Balaban J connectivity index is 2.19. The van der Waals surface area contributed by atoms with Gasteiger partial charge in [0.05, 0.1) is 4.90 Å². The lowest BCUT2D eigenvalue weighted by molar-refractivity contribution is 0.596. The molecule has 9 nitrogen and oxygen atoms in total. The summed E-state index contributed by atoms with van der Waals surface area (Å²) in [4.78, 5) is -0.0000959. The van der Waals surface area contributed by atoms with Gasteiger partial charge in [0.2, 0.25) is 15.2 Å². The first-order valence-electron chi connectivity index (χ1n) is 5.37. The van der Waals surface area contributed by atoms with Crippen molar-refractivity contribution in [1.82, 2.24) is 10.2 Å². The van der Waals surface area contributed by atoms with Crippen molar-refractivity contribution in [1.29, 1.82) is 0 Å². The lowest BCUT2D eigenvalue weighted by atomic mass is 10.3. The van der Waals surface area contributed by atoms with Gasteiger partial charge in [0.1, 0.15) is 10.8 Å². The van der Waals surface area contributed by atoms with E-state index in [-0.39, 0.29) is 15.0 Å². The molecule has 12 heteroatoms. The second kappa shape index (κ2) is 5.55. The van der Waals surface area contributed by atoms with Gasteiger partial charge >= 0.3 is 0 Å². The van der Waals surface area contributed by atoms with Crippen molar-refractivity contribution in [2.45, 2.75) is 10.6 Å². The summed E-state index contributed by atoms with van der Waals surface area (Å²) in [5.41, 5.74) is 5.91. The molecule has 0 atom stereocenters. The molecule has 0 aliphatic rings. The molecular weight excluding hydrogens is 338 g/mol. The number of nitrogen functional groups attached to an aromatic ring is 1. The third kappa shape index (κ3) is 4.35. The van der Waals surface area contributed by atoms with Gasteiger partial charge in [0, 0.05) is 5.69 Å². The van der Waals surface area contributed by atoms with Crippen molar-refractivity contribution in [3.05, 3.63) is 29.3 Å². The first kappa shape index (κ1) is 15.6. The van der Waals surface area contributed by atoms with Gasteiger partial charge in [-0.3, -0.25) is 4.72 Å². The third-order valence-corrected chi connectivity index (χ3v) is 5.38. The van der Waals surface area contributed by atoms with Crippen LogP contribution in [-0.2, 0) is 25.8 Å². The Morgan fingerprint density at radius 2 is 1.71 bits per heavy atom. The second-order valence-corrected chi connectivity index (χ2v) is 8.34. The van der Waals surface area contributed by atoms with E-state index >= 15 is 0 Å². The van der Waals surface area contributed by atoms with E-state index in [1.54, 1.807) is 0 Å². The van der Waals surface area contributed by atoms with Crippen molar-refractivity contribution >= 4 is 42.2 Å². The normalized spacial score (nSPS) is 12.2. The standard InChI is InChI=1S/C9H11N5O4S3/c10-6-1-3-7(4-2-6)21(17,18)14-9-13-12-8(19-9)5-20(11,15)16/h1-4H,5,10H2,(H,13,14)(H2,11,15,16). The first-order valence-corrected chi connectivity index (χ1v) is 9.38. The molecule has 2 rings (SSSR count). The zero-order valence-corrected chi connectivity index (χ0v) is 12.9. The molecule has 0 bridgehead atoms. The van der Waals surface area contributed by atoms with Crippen molar-refractivity contribution in [3.8, 4) is 0 Å². The van der Waals surface area contributed by atoms with E-state index in [0.29, 0.717) is 5.69 Å². The molecule has 1 aromatic carbocycles. The predicted molar refractivity (Wildman–Crippen MR) is 78.4 cm³/mol. The minimum atomic E-state index is -3.84. The zero-order valence-electron chi connectivity index (χ0n) is 10.4. The molecule has 114 valence electrons. The van der Waals surface area contributed by atoms with Crippen LogP contribution < -0.4 is 15.6 Å². The molecule has 1 heterocycles. The van der Waals surface area contributed by atoms with Crippen molar-refractivity contribution in [2.24, 2.45) is 5.14 Å². The number of benzene rings is 1. The summed E-state index contributed by atoms with van der Waals surface area (Å²) < 4.78 is 48.1. The van der Waals surface area contributed by atoms with Gasteiger partial charge < -0.3 is 5.73 Å². The minimum Gasteiger partial charge on any atom is -0.399 e. The Morgan fingerprint density at radius 1 is 1.10 bits per heavy atom. The number of nitrogens with one attached hydrogen (secondary N) is 1. The molecule has 2 aromatic rings. The highest BCUT2D eigenvalue weighted by atomic mass is 32.2. The number of primary sulfonamides is 1. The Hall–Kier alpha value is -1.76. The maximum absolute atomic E-state index is 12.1. The highest BCUT2D eigenvalue weighted by Gasteiger charge is 2.18. The Bertz CT molecular complexity index is 842. The number of rotatable bonds is 5. The lowest BCUT2D eigenvalue weighted by Crippen LogP contribution is -2.14. The zero-order chi connectivity index (χ0) is 15.7. The molecule has 5 N–H and O–H groups in total.